The van der Waals surface area contributed by atoms with Gasteiger partial charge in [0.15, 0.2) is 0 Å². The third kappa shape index (κ3) is 2.98. The molecule has 6 heteroatoms. The fourth-order valence-electron chi connectivity index (χ4n) is 4.22. The number of nitrogens with one attached hydrogen (secondary N) is 1. The Bertz CT molecular complexity index is 964. The van der Waals surface area contributed by atoms with Gasteiger partial charge in [-0.25, -0.2) is 15.0 Å². The average molecular weight is 363 g/mol. The summed E-state index contributed by atoms with van der Waals surface area (Å²) in [5, 5.41) is 1.14. The van der Waals surface area contributed by atoms with Gasteiger partial charge in [-0.15, -0.1) is 0 Å². The Morgan fingerprint density at radius 2 is 2.23 bits per heavy atom. The van der Waals surface area contributed by atoms with Crippen LogP contribution in [0.4, 0.5) is 5.69 Å². The van der Waals surface area contributed by atoms with Gasteiger partial charge in [0.2, 0.25) is 0 Å². The number of benzene rings is 1. The van der Waals surface area contributed by atoms with Crippen LogP contribution in [-0.4, -0.2) is 20.9 Å². The predicted octanol–water partition coefficient (Wildman–Crippen LogP) is 4.68. The minimum Gasteiger partial charge on any atom is -0.329 e. The second kappa shape index (κ2) is 6.76. The predicted molar refractivity (Wildman–Crippen MR) is 106 cm³/mol. The van der Waals surface area contributed by atoms with Crippen molar-refractivity contribution < 1.29 is 0 Å². The lowest BCUT2D eigenvalue weighted by molar-refractivity contribution is 0.461. The lowest BCUT2D eigenvalue weighted by Gasteiger charge is -2.15. The van der Waals surface area contributed by atoms with Gasteiger partial charge >= 0.3 is 0 Å². The van der Waals surface area contributed by atoms with Gasteiger partial charge in [-0.3, -0.25) is 0 Å². The number of aryl methyl sites for hydroxylation is 1. The van der Waals surface area contributed by atoms with E-state index in [1.54, 1.807) is 24.6 Å². The summed E-state index contributed by atoms with van der Waals surface area (Å²) >= 11 is 1.63. The van der Waals surface area contributed by atoms with Crippen LogP contribution < -0.4 is 4.72 Å². The molecule has 26 heavy (non-hydrogen) atoms. The minimum absolute atomic E-state index is 0.572. The number of aromatic nitrogens is 3. The fourth-order valence-corrected chi connectivity index (χ4v) is 4.80. The van der Waals surface area contributed by atoms with Crippen molar-refractivity contribution in [3.63, 3.8) is 0 Å². The van der Waals surface area contributed by atoms with E-state index in [9.17, 15) is 0 Å². The normalized spacial score (nSPS) is 21.7. The first-order chi connectivity index (χ1) is 12.9. The van der Waals surface area contributed by atoms with E-state index in [-0.39, 0.29) is 0 Å². The molecule has 0 bridgehead atoms. The van der Waals surface area contributed by atoms with Gasteiger partial charge in [0.05, 0.1) is 16.9 Å². The number of fused-ring (bicyclic) bond motifs is 2. The van der Waals surface area contributed by atoms with Crippen LogP contribution in [0.2, 0.25) is 0 Å². The number of rotatable bonds is 4. The van der Waals surface area contributed by atoms with Gasteiger partial charge in [-0.2, -0.15) is 0 Å². The summed E-state index contributed by atoms with van der Waals surface area (Å²) in [5.41, 5.74) is 3.56. The molecule has 0 amide bonds. The van der Waals surface area contributed by atoms with Gasteiger partial charge in [-0.1, -0.05) is 6.07 Å². The summed E-state index contributed by atoms with van der Waals surface area (Å²) in [6.45, 7) is 0. The smallest absolute Gasteiger partial charge is 0.143 e. The monoisotopic (exact) mass is 363 g/mol. The molecule has 1 saturated carbocycles. The first-order valence-electron chi connectivity index (χ1n) is 9.21. The molecule has 5 rings (SSSR count). The summed E-state index contributed by atoms with van der Waals surface area (Å²) in [6, 6.07) is 9.37. The second-order valence-corrected chi connectivity index (χ2v) is 8.06. The summed E-state index contributed by atoms with van der Waals surface area (Å²) in [4.78, 5) is 14.2. The molecule has 1 N–H and O–H groups in total. The van der Waals surface area contributed by atoms with Crippen LogP contribution in [0.25, 0.3) is 11.0 Å². The maximum absolute atomic E-state index is 4.48. The Balaban J connectivity index is 1.24. The Morgan fingerprint density at radius 3 is 3.23 bits per heavy atom. The summed E-state index contributed by atoms with van der Waals surface area (Å²) in [5.74, 6) is 0.787. The van der Waals surface area contributed by atoms with Gasteiger partial charge in [0, 0.05) is 23.8 Å². The van der Waals surface area contributed by atoms with E-state index in [4.69, 9.17) is 0 Å². The SMILES string of the molecule is C1=Nc2cc(CC[C@@H]3CCC(n4ccc5cncnc54)C3)ccc2SN1. The number of aliphatic imine (C=N–C) groups is 1. The van der Waals surface area contributed by atoms with Crippen molar-refractivity contribution in [2.45, 2.75) is 43.0 Å². The topological polar surface area (TPSA) is 55.1 Å². The van der Waals surface area contributed by atoms with E-state index in [0.29, 0.717) is 6.04 Å². The molecule has 1 aliphatic carbocycles. The van der Waals surface area contributed by atoms with Crippen molar-refractivity contribution in [3.05, 3.63) is 48.5 Å². The highest BCUT2D eigenvalue weighted by Gasteiger charge is 2.26. The molecule has 2 aliphatic rings. The molecule has 132 valence electrons. The van der Waals surface area contributed by atoms with Crippen molar-refractivity contribution in [2.75, 3.05) is 0 Å². The Morgan fingerprint density at radius 1 is 1.23 bits per heavy atom. The van der Waals surface area contributed by atoms with Crippen molar-refractivity contribution >= 4 is 35.0 Å². The fraction of sp³-hybridized carbons (Fsp3) is 0.350. The van der Waals surface area contributed by atoms with Crippen molar-refractivity contribution in [3.8, 4) is 0 Å². The Labute approximate surface area is 157 Å². The van der Waals surface area contributed by atoms with Gasteiger partial charge < -0.3 is 9.29 Å². The zero-order valence-electron chi connectivity index (χ0n) is 14.5. The van der Waals surface area contributed by atoms with Crippen LogP contribution in [0.1, 0.15) is 37.3 Å². The van der Waals surface area contributed by atoms with E-state index in [0.717, 1.165) is 29.1 Å². The van der Waals surface area contributed by atoms with Crippen LogP contribution in [0.5, 0.6) is 0 Å². The highest BCUT2D eigenvalue weighted by Crippen LogP contribution is 2.39. The Hall–Kier alpha value is -2.34. The standard InChI is InChI=1S/C20H21N5S/c1(2-15-4-6-19-18(10-15)22-13-24-26-19)14-3-5-17(9-14)25-8-7-16-11-21-12-23-20(16)25/h4,6-8,10-14,17H,1-3,5,9H2,(H,22,24)/t14-,17?/m1/s1. The molecule has 5 nitrogen and oxygen atoms in total. The maximum atomic E-state index is 4.48. The zero-order valence-corrected chi connectivity index (χ0v) is 15.3. The van der Waals surface area contributed by atoms with Crippen LogP contribution in [0, 0.1) is 5.92 Å². The molecule has 1 aromatic carbocycles. The molecule has 3 heterocycles. The molecular weight excluding hydrogens is 342 g/mol. The third-order valence-electron chi connectivity index (χ3n) is 5.57. The minimum atomic E-state index is 0.572. The molecule has 1 fully saturated rings. The second-order valence-electron chi connectivity index (χ2n) is 7.18. The van der Waals surface area contributed by atoms with Crippen LogP contribution in [0.3, 0.4) is 0 Å². The van der Waals surface area contributed by atoms with E-state index in [2.05, 4.69) is 54.7 Å². The largest absolute Gasteiger partial charge is 0.329 e. The van der Waals surface area contributed by atoms with Crippen molar-refractivity contribution in [1.82, 2.24) is 19.3 Å². The number of nitrogens with zero attached hydrogens (tertiary/aromatic N) is 4. The van der Waals surface area contributed by atoms with Gasteiger partial charge in [-0.05, 0) is 73.7 Å². The first-order valence-corrected chi connectivity index (χ1v) is 10.0. The molecule has 1 unspecified atom stereocenters. The zero-order chi connectivity index (χ0) is 17.3. The summed E-state index contributed by atoms with van der Waals surface area (Å²) in [6.07, 6.45) is 13.7. The van der Waals surface area contributed by atoms with Crippen LogP contribution >= 0.6 is 11.9 Å². The molecule has 2 aromatic heterocycles. The van der Waals surface area contributed by atoms with Crippen LogP contribution in [0.15, 0.2) is 52.9 Å². The molecule has 0 saturated heterocycles. The van der Waals surface area contributed by atoms with Crippen molar-refractivity contribution in [1.29, 1.82) is 0 Å². The van der Waals surface area contributed by atoms with E-state index in [1.165, 1.54) is 36.1 Å². The highest BCUT2D eigenvalue weighted by molar-refractivity contribution is 7.98. The summed E-state index contributed by atoms with van der Waals surface area (Å²) < 4.78 is 5.44. The van der Waals surface area contributed by atoms with E-state index < -0.39 is 0 Å². The highest BCUT2D eigenvalue weighted by atomic mass is 32.2. The molecule has 0 radical (unpaired) electrons. The lowest BCUT2D eigenvalue weighted by atomic mass is 9.97. The quantitative estimate of drug-likeness (QED) is 0.684. The first kappa shape index (κ1) is 15.9. The maximum Gasteiger partial charge on any atom is 0.143 e. The van der Waals surface area contributed by atoms with Gasteiger partial charge in [0.1, 0.15) is 12.0 Å². The van der Waals surface area contributed by atoms with Crippen LogP contribution in [-0.2, 0) is 6.42 Å². The molecule has 3 aromatic rings. The number of hydrogen-bond donors (Lipinski definition) is 1. The van der Waals surface area contributed by atoms with Crippen molar-refractivity contribution in [2.24, 2.45) is 10.9 Å². The molecule has 0 spiro atoms. The third-order valence-corrected chi connectivity index (χ3v) is 6.36. The summed E-state index contributed by atoms with van der Waals surface area (Å²) in [7, 11) is 0. The van der Waals surface area contributed by atoms with E-state index >= 15 is 0 Å². The molecular formula is C20H21N5S. The molecule has 1 aliphatic heterocycles. The van der Waals surface area contributed by atoms with E-state index in [1.807, 2.05) is 6.20 Å². The molecule has 2 atom stereocenters. The number of hydrogen-bond acceptors (Lipinski definition) is 5. The Kier molecular flexibility index (Phi) is 4.13. The average Bonchev–Trinajstić information content (AvgIpc) is 3.33. The lowest BCUT2D eigenvalue weighted by Crippen LogP contribution is -2.06. The van der Waals surface area contributed by atoms with Gasteiger partial charge in [0.25, 0.3) is 0 Å².